The van der Waals surface area contributed by atoms with Crippen LogP contribution in [0.15, 0.2) is 78.9 Å². The van der Waals surface area contributed by atoms with Crippen LogP contribution in [0.25, 0.3) is 0 Å². The highest BCUT2D eigenvalue weighted by Crippen LogP contribution is 2.46. The number of carbonyl (C=O) groups excluding carboxylic acids is 3. The molecule has 0 spiro atoms. The first kappa shape index (κ1) is 22.1. The normalized spacial score (nSPS) is 22.3. The highest BCUT2D eigenvalue weighted by Gasteiger charge is 2.50. The summed E-state index contributed by atoms with van der Waals surface area (Å²) in [6.07, 6.45) is -0.124. The van der Waals surface area contributed by atoms with Crippen molar-refractivity contribution in [3.63, 3.8) is 0 Å². The van der Waals surface area contributed by atoms with Gasteiger partial charge in [0.1, 0.15) is 6.17 Å². The monoisotopic (exact) mass is 452 g/mol. The third-order valence-electron chi connectivity index (χ3n) is 7.39. The van der Waals surface area contributed by atoms with Gasteiger partial charge >= 0.3 is 0 Å². The fourth-order valence-electron chi connectivity index (χ4n) is 6.00. The summed E-state index contributed by atoms with van der Waals surface area (Å²) < 4.78 is 0. The largest absolute Gasteiger partial charge is 0.313 e. The number of carbonyl (C=O) groups is 3. The van der Waals surface area contributed by atoms with Crippen LogP contribution in [0.3, 0.4) is 0 Å². The second kappa shape index (κ2) is 7.66. The van der Waals surface area contributed by atoms with Gasteiger partial charge in [-0.3, -0.25) is 19.3 Å². The van der Waals surface area contributed by atoms with Crippen molar-refractivity contribution in [3.8, 4) is 0 Å². The fourth-order valence-corrected chi connectivity index (χ4v) is 6.00. The van der Waals surface area contributed by atoms with Gasteiger partial charge in [0.05, 0.1) is 11.1 Å². The molecule has 0 saturated carbocycles. The minimum absolute atomic E-state index is 0.177. The first-order valence-electron chi connectivity index (χ1n) is 11.6. The Morgan fingerprint density at radius 2 is 1.18 bits per heavy atom. The van der Waals surface area contributed by atoms with Crippen LogP contribution in [0.4, 0.5) is 0 Å². The molecule has 3 aromatic rings. The molecule has 5 nitrogen and oxygen atoms in total. The summed E-state index contributed by atoms with van der Waals surface area (Å²) in [5.41, 5.74) is 2.35. The Morgan fingerprint density at radius 1 is 0.676 bits per heavy atom. The summed E-state index contributed by atoms with van der Waals surface area (Å²) >= 11 is 0. The van der Waals surface area contributed by atoms with E-state index in [9.17, 15) is 14.4 Å². The maximum Gasteiger partial charge on any atom is 0.263 e. The van der Waals surface area contributed by atoms with Crippen LogP contribution in [-0.4, -0.2) is 39.2 Å². The Bertz CT molecular complexity index is 1280. The predicted octanol–water partition coefficient (Wildman–Crippen LogP) is 5.26. The van der Waals surface area contributed by atoms with Crippen molar-refractivity contribution in [2.45, 2.75) is 51.2 Å². The summed E-state index contributed by atoms with van der Waals surface area (Å²) in [4.78, 5) is 43.6. The molecular formula is C29H28N2O3. The van der Waals surface area contributed by atoms with Gasteiger partial charge in [-0.15, -0.1) is 0 Å². The van der Waals surface area contributed by atoms with E-state index in [1.54, 1.807) is 36.1 Å². The quantitative estimate of drug-likeness (QED) is 0.510. The summed E-state index contributed by atoms with van der Waals surface area (Å²) in [5.74, 6) is -0.899. The average Bonchev–Trinajstić information content (AvgIpc) is 3.05. The highest BCUT2D eigenvalue weighted by molar-refractivity contribution is 6.21. The Morgan fingerprint density at radius 3 is 1.76 bits per heavy atom. The number of amides is 3. The van der Waals surface area contributed by atoms with Crippen molar-refractivity contribution in [2.75, 3.05) is 0 Å². The summed E-state index contributed by atoms with van der Waals surface area (Å²) in [6, 6.07) is 24.7. The zero-order valence-corrected chi connectivity index (χ0v) is 19.9. The molecule has 2 unspecified atom stereocenters. The average molecular weight is 453 g/mol. The molecule has 0 fully saturated rings. The molecule has 0 aliphatic carbocycles. The Kier molecular flexibility index (Phi) is 4.97. The van der Waals surface area contributed by atoms with E-state index in [1.807, 2.05) is 56.3 Å². The van der Waals surface area contributed by atoms with Gasteiger partial charge in [-0.1, -0.05) is 67.6 Å². The van der Waals surface area contributed by atoms with E-state index >= 15 is 0 Å². The maximum atomic E-state index is 14.1. The van der Waals surface area contributed by atoms with E-state index in [0.717, 1.165) is 11.1 Å². The molecule has 0 radical (unpaired) electrons. The van der Waals surface area contributed by atoms with E-state index in [1.165, 1.54) is 4.90 Å². The van der Waals surface area contributed by atoms with Crippen molar-refractivity contribution in [1.29, 1.82) is 0 Å². The lowest BCUT2D eigenvalue weighted by atomic mass is 9.69. The van der Waals surface area contributed by atoms with E-state index in [4.69, 9.17) is 0 Å². The number of fused-ring (bicyclic) bond motifs is 2. The molecule has 0 aromatic heterocycles. The fraction of sp³-hybridized carbons (Fsp3) is 0.276. The van der Waals surface area contributed by atoms with Gasteiger partial charge in [0.15, 0.2) is 0 Å². The Balaban J connectivity index is 1.64. The molecule has 0 bridgehead atoms. The summed E-state index contributed by atoms with van der Waals surface area (Å²) in [7, 11) is 0. The molecule has 3 amide bonds. The number of nitrogens with zero attached hydrogens (tertiary/aromatic N) is 2. The van der Waals surface area contributed by atoms with Gasteiger partial charge < -0.3 is 4.90 Å². The van der Waals surface area contributed by atoms with E-state index in [0.29, 0.717) is 23.1 Å². The van der Waals surface area contributed by atoms with Crippen LogP contribution in [-0.2, 0) is 5.41 Å². The van der Waals surface area contributed by atoms with E-state index in [-0.39, 0.29) is 17.7 Å². The van der Waals surface area contributed by atoms with Crippen molar-refractivity contribution < 1.29 is 14.4 Å². The van der Waals surface area contributed by atoms with Gasteiger partial charge in [0, 0.05) is 16.5 Å². The Labute approximate surface area is 200 Å². The van der Waals surface area contributed by atoms with Crippen molar-refractivity contribution in [1.82, 2.24) is 9.80 Å². The molecule has 3 aromatic carbocycles. The molecule has 5 rings (SSSR count). The van der Waals surface area contributed by atoms with Crippen LogP contribution >= 0.6 is 0 Å². The molecular weight excluding hydrogens is 424 g/mol. The molecule has 0 N–H and O–H groups in total. The van der Waals surface area contributed by atoms with Crippen molar-refractivity contribution in [2.24, 2.45) is 0 Å². The molecule has 2 atom stereocenters. The van der Waals surface area contributed by atoms with Crippen LogP contribution in [0.1, 0.15) is 76.3 Å². The van der Waals surface area contributed by atoms with Crippen LogP contribution in [0.5, 0.6) is 0 Å². The lowest BCUT2D eigenvalue weighted by Crippen LogP contribution is -2.59. The second-order valence-electron chi connectivity index (χ2n) is 10.1. The molecule has 5 heteroatoms. The number of rotatable bonds is 3. The zero-order valence-electron chi connectivity index (χ0n) is 19.9. The van der Waals surface area contributed by atoms with Gasteiger partial charge in [-0.05, 0) is 56.5 Å². The highest BCUT2D eigenvalue weighted by atomic mass is 16.2. The SMILES string of the molecule is CC(N1C(=O)c2ccccc2C1=O)N1C(=O)c2ccccc2C(C)(c2ccccc2)CC1(C)C. The Hall–Kier alpha value is -3.73. The molecule has 2 heterocycles. The molecule has 2 aliphatic heterocycles. The first-order chi connectivity index (χ1) is 16.2. The number of hydrogen-bond acceptors (Lipinski definition) is 3. The van der Waals surface area contributed by atoms with E-state index in [2.05, 4.69) is 19.1 Å². The maximum absolute atomic E-state index is 14.1. The van der Waals surface area contributed by atoms with Crippen molar-refractivity contribution >= 4 is 17.7 Å². The third kappa shape index (κ3) is 3.11. The topological polar surface area (TPSA) is 57.7 Å². The predicted molar refractivity (Wildman–Crippen MR) is 131 cm³/mol. The minimum Gasteiger partial charge on any atom is -0.313 e. The van der Waals surface area contributed by atoms with Gasteiger partial charge in [-0.25, -0.2) is 0 Å². The standard InChI is InChI=1S/C29H28N2O3/c1-19(30-25(32)21-14-8-9-15-22(21)26(30)33)31-27(34)23-16-10-11-17-24(23)29(4,18-28(31,2)3)20-12-6-5-7-13-20/h5-17,19H,18H2,1-4H3. The molecule has 172 valence electrons. The van der Waals surface area contributed by atoms with Crippen LogP contribution < -0.4 is 0 Å². The first-order valence-corrected chi connectivity index (χ1v) is 11.6. The number of benzene rings is 3. The molecule has 2 aliphatic rings. The minimum atomic E-state index is -0.749. The lowest BCUT2D eigenvalue weighted by Gasteiger charge is -2.46. The zero-order chi connectivity index (χ0) is 24.3. The number of imide groups is 1. The van der Waals surface area contributed by atoms with Crippen LogP contribution in [0.2, 0.25) is 0 Å². The van der Waals surface area contributed by atoms with Crippen molar-refractivity contribution in [3.05, 3.63) is 107 Å². The summed E-state index contributed by atoms with van der Waals surface area (Å²) in [5, 5.41) is 0. The molecule has 0 saturated heterocycles. The molecule has 34 heavy (non-hydrogen) atoms. The third-order valence-corrected chi connectivity index (χ3v) is 7.39. The summed E-state index contributed by atoms with van der Waals surface area (Å²) in [6.45, 7) is 7.99. The lowest BCUT2D eigenvalue weighted by molar-refractivity contribution is 0.00171. The van der Waals surface area contributed by atoms with E-state index < -0.39 is 17.1 Å². The van der Waals surface area contributed by atoms with Crippen LogP contribution in [0, 0.1) is 0 Å². The van der Waals surface area contributed by atoms with Gasteiger partial charge in [0.25, 0.3) is 17.7 Å². The van der Waals surface area contributed by atoms with Gasteiger partial charge in [-0.2, -0.15) is 0 Å². The van der Waals surface area contributed by atoms with Gasteiger partial charge in [0.2, 0.25) is 0 Å². The smallest absolute Gasteiger partial charge is 0.263 e. The second-order valence-corrected chi connectivity index (χ2v) is 10.1. The number of hydrogen-bond donors (Lipinski definition) is 0.